The molecule has 106 valence electrons. The second kappa shape index (κ2) is 7.10. The number of carbonyl (C=O) groups is 1. The van der Waals surface area contributed by atoms with Crippen LogP contribution in [-0.4, -0.2) is 30.7 Å². The van der Waals surface area contributed by atoms with E-state index in [0.29, 0.717) is 26.1 Å². The second-order valence-corrected chi connectivity index (χ2v) is 5.97. The second-order valence-electron chi connectivity index (χ2n) is 5.97. The minimum atomic E-state index is -0.718. The van der Waals surface area contributed by atoms with Crippen LogP contribution < -0.4 is 11.1 Å². The van der Waals surface area contributed by atoms with E-state index in [2.05, 4.69) is 26.1 Å². The van der Waals surface area contributed by atoms with Crippen molar-refractivity contribution >= 4 is 5.91 Å². The molecule has 1 aliphatic heterocycles. The van der Waals surface area contributed by atoms with Crippen molar-refractivity contribution < 1.29 is 9.53 Å². The molecule has 4 nitrogen and oxygen atoms in total. The zero-order chi connectivity index (χ0) is 13.6. The molecule has 1 aliphatic rings. The Morgan fingerprint density at radius 2 is 1.89 bits per heavy atom. The summed E-state index contributed by atoms with van der Waals surface area (Å²) in [6, 6.07) is 0.208. The summed E-state index contributed by atoms with van der Waals surface area (Å²) in [4.78, 5) is 12.1. The molecular formula is C14H28N2O2. The highest BCUT2D eigenvalue weighted by Crippen LogP contribution is 2.18. The Kier molecular flexibility index (Phi) is 6.09. The van der Waals surface area contributed by atoms with Crippen molar-refractivity contribution in [1.29, 1.82) is 0 Å². The van der Waals surface area contributed by atoms with Gasteiger partial charge in [0.25, 0.3) is 0 Å². The first kappa shape index (κ1) is 15.4. The van der Waals surface area contributed by atoms with Crippen molar-refractivity contribution in [3.05, 3.63) is 0 Å². The summed E-state index contributed by atoms with van der Waals surface area (Å²) in [6.07, 6.45) is 4.63. The maximum atomic E-state index is 12.1. The Balaban J connectivity index is 2.29. The number of ether oxygens (including phenoxy) is 1. The molecule has 0 aromatic rings. The zero-order valence-electron chi connectivity index (χ0n) is 12.0. The molecule has 0 aromatic heterocycles. The van der Waals surface area contributed by atoms with Gasteiger partial charge in [-0.15, -0.1) is 0 Å². The number of hydrogen-bond acceptors (Lipinski definition) is 3. The van der Waals surface area contributed by atoms with Crippen molar-refractivity contribution in [2.24, 2.45) is 11.7 Å². The summed E-state index contributed by atoms with van der Waals surface area (Å²) in [5.74, 6) is 0.715. The van der Waals surface area contributed by atoms with Crippen molar-refractivity contribution in [3.63, 3.8) is 0 Å². The van der Waals surface area contributed by atoms with Gasteiger partial charge in [-0.3, -0.25) is 4.79 Å². The summed E-state index contributed by atoms with van der Waals surface area (Å²) in [5, 5.41) is 3.04. The van der Waals surface area contributed by atoms with E-state index in [-0.39, 0.29) is 11.9 Å². The Morgan fingerprint density at radius 1 is 1.28 bits per heavy atom. The average molecular weight is 256 g/mol. The smallest absolute Gasteiger partial charge is 0.240 e. The molecule has 0 aliphatic carbocycles. The SMILES string of the molecule is CC(C)CCCC(C)NC(=O)C1(N)CCOCC1. The summed E-state index contributed by atoms with van der Waals surface area (Å²) in [7, 11) is 0. The molecule has 0 saturated carbocycles. The van der Waals surface area contributed by atoms with Gasteiger partial charge in [0.15, 0.2) is 0 Å². The fourth-order valence-corrected chi connectivity index (χ4v) is 2.23. The van der Waals surface area contributed by atoms with Gasteiger partial charge in [0.1, 0.15) is 0 Å². The van der Waals surface area contributed by atoms with Crippen molar-refractivity contribution in [3.8, 4) is 0 Å². The predicted octanol–water partition coefficient (Wildman–Crippen LogP) is 1.83. The molecule has 1 amide bonds. The molecule has 18 heavy (non-hydrogen) atoms. The highest BCUT2D eigenvalue weighted by Gasteiger charge is 2.36. The Labute approximate surface area is 111 Å². The topological polar surface area (TPSA) is 64.4 Å². The molecule has 1 heterocycles. The van der Waals surface area contributed by atoms with Crippen LogP contribution in [0.3, 0.4) is 0 Å². The molecule has 0 radical (unpaired) electrons. The monoisotopic (exact) mass is 256 g/mol. The van der Waals surface area contributed by atoms with Gasteiger partial charge in [0.2, 0.25) is 5.91 Å². The van der Waals surface area contributed by atoms with Gasteiger partial charge < -0.3 is 15.8 Å². The summed E-state index contributed by atoms with van der Waals surface area (Å²) < 4.78 is 5.25. The van der Waals surface area contributed by atoms with Crippen molar-refractivity contribution in [2.45, 2.75) is 64.5 Å². The molecule has 1 saturated heterocycles. The molecule has 1 fully saturated rings. The lowest BCUT2D eigenvalue weighted by Gasteiger charge is -2.33. The quantitative estimate of drug-likeness (QED) is 0.762. The van der Waals surface area contributed by atoms with Crippen LogP contribution in [0.2, 0.25) is 0 Å². The third kappa shape index (κ3) is 4.94. The lowest BCUT2D eigenvalue weighted by molar-refractivity contribution is -0.130. The molecule has 1 atom stereocenters. The van der Waals surface area contributed by atoms with E-state index in [1.165, 1.54) is 6.42 Å². The van der Waals surface area contributed by atoms with E-state index in [9.17, 15) is 4.79 Å². The molecule has 0 bridgehead atoms. The van der Waals surface area contributed by atoms with E-state index in [0.717, 1.165) is 18.8 Å². The van der Waals surface area contributed by atoms with Gasteiger partial charge in [0.05, 0.1) is 5.54 Å². The van der Waals surface area contributed by atoms with Crippen LogP contribution in [0.15, 0.2) is 0 Å². The predicted molar refractivity (Wildman–Crippen MR) is 73.3 cm³/mol. The Morgan fingerprint density at radius 3 is 2.44 bits per heavy atom. The number of carbonyl (C=O) groups excluding carboxylic acids is 1. The number of amides is 1. The van der Waals surface area contributed by atoms with E-state index in [4.69, 9.17) is 10.5 Å². The summed E-state index contributed by atoms with van der Waals surface area (Å²) in [6.45, 7) is 7.68. The number of rotatable bonds is 6. The maximum absolute atomic E-state index is 12.1. The first-order chi connectivity index (χ1) is 8.44. The van der Waals surface area contributed by atoms with Crippen LogP contribution >= 0.6 is 0 Å². The molecule has 0 aromatic carbocycles. The van der Waals surface area contributed by atoms with Crippen LogP contribution in [-0.2, 0) is 9.53 Å². The standard InChI is InChI=1S/C14H28N2O2/c1-11(2)5-4-6-12(3)16-13(17)14(15)7-9-18-10-8-14/h11-12H,4-10,15H2,1-3H3,(H,16,17). The number of hydrogen-bond donors (Lipinski definition) is 2. The summed E-state index contributed by atoms with van der Waals surface area (Å²) >= 11 is 0. The van der Waals surface area contributed by atoms with Crippen LogP contribution in [0.4, 0.5) is 0 Å². The van der Waals surface area contributed by atoms with Crippen molar-refractivity contribution in [2.75, 3.05) is 13.2 Å². The van der Waals surface area contributed by atoms with Crippen molar-refractivity contribution in [1.82, 2.24) is 5.32 Å². The number of nitrogens with two attached hydrogens (primary N) is 1. The minimum Gasteiger partial charge on any atom is -0.381 e. The molecule has 4 heteroatoms. The van der Waals surface area contributed by atoms with Gasteiger partial charge in [0, 0.05) is 19.3 Å². The average Bonchev–Trinajstić information content (AvgIpc) is 2.29. The van der Waals surface area contributed by atoms with Crippen LogP contribution in [0, 0.1) is 5.92 Å². The third-order valence-corrected chi connectivity index (χ3v) is 3.63. The summed E-state index contributed by atoms with van der Waals surface area (Å²) in [5.41, 5.74) is 5.42. The lowest BCUT2D eigenvalue weighted by Crippen LogP contribution is -2.58. The molecule has 1 unspecified atom stereocenters. The lowest BCUT2D eigenvalue weighted by atomic mass is 9.90. The molecule has 3 N–H and O–H groups in total. The fourth-order valence-electron chi connectivity index (χ4n) is 2.23. The van der Waals surface area contributed by atoms with E-state index in [1.54, 1.807) is 0 Å². The maximum Gasteiger partial charge on any atom is 0.240 e. The Hall–Kier alpha value is -0.610. The number of nitrogens with one attached hydrogen (secondary N) is 1. The van der Waals surface area contributed by atoms with Crippen LogP contribution in [0.25, 0.3) is 0 Å². The van der Waals surface area contributed by atoms with Crippen LogP contribution in [0.1, 0.15) is 52.9 Å². The minimum absolute atomic E-state index is 0.0113. The van der Waals surface area contributed by atoms with Gasteiger partial charge in [-0.2, -0.15) is 0 Å². The largest absolute Gasteiger partial charge is 0.381 e. The van der Waals surface area contributed by atoms with Crippen LogP contribution in [0.5, 0.6) is 0 Å². The zero-order valence-corrected chi connectivity index (χ0v) is 12.0. The molecular weight excluding hydrogens is 228 g/mol. The van der Waals surface area contributed by atoms with E-state index < -0.39 is 5.54 Å². The highest BCUT2D eigenvalue weighted by molar-refractivity contribution is 5.86. The molecule has 0 spiro atoms. The first-order valence-corrected chi connectivity index (χ1v) is 7.11. The van der Waals surface area contributed by atoms with Gasteiger partial charge >= 0.3 is 0 Å². The normalized spacial score (nSPS) is 20.7. The van der Waals surface area contributed by atoms with E-state index in [1.807, 2.05) is 0 Å². The Bertz CT molecular complexity index is 261. The van der Waals surface area contributed by atoms with Gasteiger partial charge in [-0.1, -0.05) is 26.7 Å². The highest BCUT2D eigenvalue weighted by atomic mass is 16.5. The first-order valence-electron chi connectivity index (χ1n) is 7.11. The van der Waals surface area contributed by atoms with Gasteiger partial charge in [-0.25, -0.2) is 0 Å². The fraction of sp³-hybridized carbons (Fsp3) is 0.929. The van der Waals surface area contributed by atoms with Gasteiger partial charge in [-0.05, 0) is 32.1 Å². The molecule has 1 rings (SSSR count). The van der Waals surface area contributed by atoms with E-state index >= 15 is 0 Å². The third-order valence-electron chi connectivity index (χ3n) is 3.63.